The Kier molecular flexibility index (Phi) is 3.35. The summed E-state index contributed by atoms with van der Waals surface area (Å²) < 4.78 is 2.27. The number of aromatic nitrogens is 4. The predicted octanol–water partition coefficient (Wildman–Crippen LogP) is -1.54. The number of imidazole rings is 1. The first-order valence-electron chi connectivity index (χ1n) is 5.92. The van der Waals surface area contributed by atoms with Gasteiger partial charge in [-0.1, -0.05) is 0 Å². The van der Waals surface area contributed by atoms with Crippen LogP contribution in [0, 0.1) is 0 Å². The molecular formula is C11H16N6O3. The molecule has 0 saturated carbocycles. The van der Waals surface area contributed by atoms with E-state index in [9.17, 15) is 14.4 Å². The maximum atomic E-state index is 11.9. The third-order valence-electron chi connectivity index (χ3n) is 3.00. The minimum absolute atomic E-state index is 0.0427. The molecule has 0 radical (unpaired) electrons. The number of hydrogen-bond acceptors (Lipinski definition) is 5. The Morgan fingerprint density at radius 1 is 1.30 bits per heavy atom. The average molecular weight is 280 g/mol. The lowest BCUT2D eigenvalue weighted by Crippen LogP contribution is -2.36. The summed E-state index contributed by atoms with van der Waals surface area (Å²) in [5.74, 6) is 0.140. The number of amides is 1. The highest BCUT2D eigenvalue weighted by Gasteiger charge is 2.13. The minimum Gasteiger partial charge on any atom is -0.347 e. The monoisotopic (exact) mass is 280 g/mol. The number of anilines is 1. The molecule has 0 bridgehead atoms. The van der Waals surface area contributed by atoms with Crippen molar-refractivity contribution in [2.24, 2.45) is 14.1 Å². The Morgan fingerprint density at radius 2 is 1.95 bits per heavy atom. The summed E-state index contributed by atoms with van der Waals surface area (Å²) in [7, 11) is 6.21. The van der Waals surface area contributed by atoms with Gasteiger partial charge >= 0.3 is 5.69 Å². The van der Waals surface area contributed by atoms with Crippen LogP contribution in [0.15, 0.2) is 9.59 Å². The highest BCUT2D eigenvalue weighted by molar-refractivity contribution is 5.80. The Labute approximate surface area is 113 Å². The summed E-state index contributed by atoms with van der Waals surface area (Å²) in [6.07, 6.45) is 0. The molecule has 0 atom stereocenters. The second-order valence-electron chi connectivity index (χ2n) is 4.63. The number of fused-ring (bicyclic) bond motifs is 1. The molecule has 2 aromatic rings. The molecule has 0 unspecified atom stereocenters. The molecule has 0 aromatic carbocycles. The first kappa shape index (κ1) is 13.8. The van der Waals surface area contributed by atoms with Gasteiger partial charge in [-0.3, -0.25) is 18.7 Å². The van der Waals surface area contributed by atoms with Crippen LogP contribution in [0.2, 0.25) is 0 Å². The lowest BCUT2D eigenvalue weighted by atomic mass is 10.5. The number of carbonyl (C=O) groups excluding carboxylic acids is 1. The first-order valence-corrected chi connectivity index (χ1v) is 5.92. The van der Waals surface area contributed by atoms with Crippen molar-refractivity contribution in [3.05, 3.63) is 20.8 Å². The van der Waals surface area contributed by atoms with E-state index >= 15 is 0 Å². The van der Waals surface area contributed by atoms with Crippen LogP contribution in [0.4, 0.5) is 5.95 Å². The number of hydrogen-bond donors (Lipinski definition) is 2. The molecular weight excluding hydrogens is 264 g/mol. The fourth-order valence-electron chi connectivity index (χ4n) is 1.73. The maximum Gasteiger partial charge on any atom is 0.332 e. The Hall–Kier alpha value is -2.58. The van der Waals surface area contributed by atoms with E-state index in [1.54, 1.807) is 14.1 Å². The summed E-state index contributed by atoms with van der Waals surface area (Å²) in [6, 6.07) is 0. The summed E-state index contributed by atoms with van der Waals surface area (Å²) in [6.45, 7) is 0.0427. The standard InChI is InChI=1S/C11H16N6O3/c1-15(2)6(18)5-12-10-13-7-8(14-10)16(3)11(20)17(4)9(7)19/h5H2,1-4H3,(H2,12,13,14). The van der Waals surface area contributed by atoms with Crippen molar-refractivity contribution in [2.45, 2.75) is 0 Å². The molecule has 1 amide bonds. The highest BCUT2D eigenvalue weighted by Crippen LogP contribution is 2.07. The number of likely N-dealkylation sites (N-methyl/N-ethyl adjacent to an activating group) is 1. The molecule has 9 nitrogen and oxygen atoms in total. The summed E-state index contributed by atoms with van der Waals surface area (Å²) in [5.41, 5.74) is -0.445. The van der Waals surface area contributed by atoms with Crippen molar-refractivity contribution in [1.29, 1.82) is 0 Å². The molecule has 0 aliphatic heterocycles. The van der Waals surface area contributed by atoms with E-state index in [0.29, 0.717) is 0 Å². The van der Waals surface area contributed by atoms with Crippen LogP contribution < -0.4 is 16.6 Å². The quantitative estimate of drug-likeness (QED) is 0.709. The first-order chi connectivity index (χ1) is 9.32. The zero-order chi connectivity index (χ0) is 15.0. The van der Waals surface area contributed by atoms with Gasteiger partial charge in [-0.05, 0) is 0 Å². The van der Waals surface area contributed by atoms with Crippen LogP contribution in [0.1, 0.15) is 0 Å². The average Bonchev–Trinajstić information content (AvgIpc) is 2.84. The molecule has 2 N–H and O–H groups in total. The SMILES string of the molecule is CN(C)C(=O)CNc1nc2c([nH]1)c(=O)n(C)c(=O)n2C. The molecule has 0 aliphatic rings. The van der Waals surface area contributed by atoms with Gasteiger partial charge < -0.3 is 15.2 Å². The van der Waals surface area contributed by atoms with E-state index in [1.807, 2.05) is 0 Å². The van der Waals surface area contributed by atoms with E-state index in [4.69, 9.17) is 0 Å². The third-order valence-corrected chi connectivity index (χ3v) is 3.00. The van der Waals surface area contributed by atoms with Crippen molar-refractivity contribution in [1.82, 2.24) is 24.0 Å². The van der Waals surface area contributed by atoms with Crippen LogP contribution in [0.3, 0.4) is 0 Å². The minimum atomic E-state index is -0.456. The number of nitrogens with one attached hydrogen (secondary N) is 2. The van der Waals surface area contributed by atoms with Crippen molar-refractivity contribution < 1.29 is 4.79 Å². The molecule has 2 heterocycles. The zero-order valence-electron chi connectivity index (χ0n) is 11.7. The maximum absolute atomic E-state index is 11.9. The van der Waals surface area contributed by atoms with Crippen LogP contribution in [0.25, 0.3) is 11.2 Å². The van der Waals surface area contributed by atoms with E-state index in [-0.39, 0.29) is 29.6 Å². The molecule has 2 rings (SSSR count). The number of aryl methyl sites for hydroxylation is 1. The van der Waals surface area contributed by atoms with Crippen molar-refractivity contribution >= 4 is 23.0 Å². The van der Waals surface area contributed by atoms with Crippen molar-refractivity contribution in [2.75, 3.05) is 26.0 Å². The van der Waals surface area contributed by atoms with Crippen LogP contribution in [-0.4, -0.2) is 50.5 Å². The number of nitrogens with zero attached hydrogens (tertiary/aromatic N) is 4. The Bertz CT molecular complexity index is 782. The molecule has 20 heavy (non-hydrogen) atoms. The largest absolute Gasteiger partial charge is 0.347 e. The fraction of sp³-hybridized carbons (Fsp3) is 0.455. The summed E-state index contributed by atoms with van der Waals surface area (Å²) in [4.78, 5) is 43.5. The van der Waals surface area contributed by atoms with Gasteiger partial charge in [-0.15, -0.1) is 0 Å². The lowest BCUT2D eigenvalue weighted by Gasteiger charge is -2.09. The van der Waals surface area contributed by atoms with Gasteiger partial charge in [0, 0.05) is 28.2 Å². The van der Waals surface area contributed by atoms with Crippen molar-refractivity contribution in [3.63, 3.8) is 0 Å². The normalized spacial score (nSPS) is 10.8. The van der Waals surface area contributed by atoms with E-state index < -0.39 is 11.2 Å². The van der Waals surface area contributed by atoms with Gasteiger partial charge in [0.1, 0.15) is 0 Å². The molecule has 9 heteroatoms. The lowest BCUT2D eigenvalue weighted by molar-refractivity contribution is -0.126. The number of H-pyrrole nitrogens is 1. The number of rotatable bonds is 3. The molecule has 0 fully saturated rings. The van der Waals surface area contributed by atoms with Gasteiger partial charge in [-0.2, -0.15) is 4.98 Å². The van der Waals surface area contributed by atoms with Gasteiger partial charge in [-0.25, -0.2) is 4.79 Å². The highest BCUT2D eigenvalue weighted by atomic mass is 16.2. The predicted molar refractivity (Wildman–Crippen MR) is 73.8 cm³/mol. The van der Waals surface area contributed by atoms with Crippen LogP contribution in [-0.2, 0) is 18.9 Å². The Balaban J connectivity index is 2.42. The van der Waals surface area contributed by atoms with E-state index in [0.717, 1.165) is 4.57 Å². The van der Waals surface area contributed by atoms with E-state index in [2.05, 4.69) is 15.3 Å². The zero-order valence-corrected chi connectivity index (χ0v) is 11.7. The molecule has 2 aromatic heterocycles. The summed E-state index contributed by atoms with van der Waals surface area (Å²) in [5, 5.41) is 2.79. The van der Waals surface area contributed by atoms with Crippen molar-refractivity contribution in [3.8, 4) is 0 Å². The number of carbonyl (C=O) groups is 1. The van der Waals surface area contributed by atoms with Gasteiger partial charge in [0.25, 0.3) is 5.56 Å². The van der Waals surface area contributed by atoms with E-state index in [1.165, 1.54) is 23.6 Å². The van der Waals surface area contributed by atoms with Gasteiger partial charge in [0.2, 0.25) is 11.9 Å². The smallest absolute Gasteiger partial charge is 0.332 e. The summed E-state index contributed by atoms with van der Waals surface area (Å²) >= 11 is 0. The second kappa shape index (κ2) is 4.83. The second-order valence-corrected chi connectivity index (χ2v) is 4.63. The molecule has 108 valence electrons. The topological polar surface area (TPSA) is 105 Å². The fourth-order valence-corrected chi connectivity index (χ4v) is 1.73. The Morgan fingerprint density at radius 3 is 2.55 bits per heavy atom. The third kappa shape index (κ3) is 2.17. The van der Waals surface area contributed by atoms with Crippen LogP contribution >= 0.6 is 0 Å². The molecule has 0 spiro atoms. The molecule has 0 saturated heterocycles. The van der Waals surface area contributed by atoms with Gasteiger partial charge in [0.15, 0.2) is 11.2 Å². The van der Waals surface area contributed by atoms with Gasteiger partial charge in [0.05, 0.1) is 6.54 Å². The van der Waals surface area contributed by atoms with Crippen LogP contribution in [0.5, 0.6) is 0 Å². The number of aromatic amines is 1. The molecule has 0 aliphatic carbocycles.